The van der Waals surface area contributed by atoms with E-state index in [9.17, 15) is 14.1 Å². The van der Waals surface area contributed by atoms with Gasteiger partial charge >= 0.3 is 0 Å². The van der Waals surface area contributed by atoms with Crippen molar-refractivity contribution in [2.75, 3.05) is 6.61 Å². The molecule has 8 heteroatoms. The fourth-order valence-electron chi connectivity index (χ4n) is 4.56. The number of carbonyl (C=O) groups is 1. The molecule has 0 bridgehead atoms. The second-order valence-corrected chi connectivity index (χ2v) is 12.2. The molecule has 0 aliphatic carbocycles. The van der Waals surface area contributed by atoms with E-state index < -0.39 is 15.7 Å². The summed E-state index contributed by atoms with van der Waals surface area (Å²) in [6.45, 7) is 8.53. The first-order valence-corrected chi connectivity index (χ1v) is 13.6. The van der Waals surface area contributed by atoms with Gasteiger partial charge in [0.05, 0.1) is 16.5 Å². The lowest BCUT2D eigenvalue weighted by Crippen LogP contribution is -2.36. The van der Waals surface area contributed by atoms with E-state index in [1.807, 2.05) is 80.6 Å². The van der Waals surface area contributed by atoms with Crippen LogP contribution in [0.25, 0.3) is 17.3 Å². The molecule has 37 heavy (non-hydrogen) atoms. The minimum absolute atomic E-state index is 0.0474. The molecule has 3 heterocycles. The zero-order chi connectivity index (χ0) is 26.6. The van der Waals surface area contributed by atoms with Gasteiger partial charge in [0, 0.05) is 43.2 Å². The summed E-state index contributed by atoms with van der Waals surface area (Å²) < 4.78 is 15.0. The number of rotatable bonds is 8. The highest BCUT2D eigenvalue weighted by Gasteiger charge is 2.40. The van der Waals surface area contributed by atoms with Crippen molar-refractivity contribution in [1.29, 1.82) is 0 Å². The topological polar surface area (TPSA) is 95.4 Å². The Bertz CT molecular complexity index is 1320. The normalized spacial score (nSPS) is 16.6. The second kappa shape index (κ2) is 11.5. The lowest BCUT2D eigenvalue weighted by atomic mass is 9.95. The van der Waals surface area contributed by atoms with Crippen molar-refractivity contribution >= 4 is 23.0 Å². The molecule has 1 aliphatic heterocycles. The predicted octanol–water partition coefficient (Wildman–Crippen LogP) is 4.81. The van der Waals surface area contributed by atoms with Crippen LogP contribution >= 0.6 is 0 Å². The maximum atomic E-state index is 13.5. The molecule has 2 atom stereocenters. The number of fused-ring (bicyclic) bond motifs is 1. The summed E-state index contributed by atoms with van der Waals surface area (Å²) in [4.78, 5) is 22.1. The molecule has 1 aromatic carbocycles. The number of aliphatic hydroxyl groups excluding tert-OH is 1. The first-order valence-electron chi connectivity index (χ1n) is 12.5. The highest BCUT2D eigenvalue weighted by Crippen LogP contribution is 2.44. The van der Waals surface area contributed by atoms with Gasteiger partial charge in [0.15, 0.2) is 0 Å². The zero-order valence-electron chi connectivity index (χ0n) is 21.8. The van der Waals surface area contributed by atoms with Gasteiger partial charge in [0.2, 0.25) is 0 Å². The van der Waals surface area contributed by atoms with Crippen molar-refractivity contribution in [3.63, 3.8) is 0 Å². The highest BCUT2D eigenvalue weighted by molar-refractivity contribution is 7.84. The third-order valence-electron chi connectivity index (χ3n) is 6.24. The van der Waals surface area contributed by atoms with Gasteiger partial charge in [0.25, 0.3) is 5.91 Å². The number of allylic oxidation sites excluding steroid dienone is 1. The van der Waals surface area contributed by atoms with Crippen LogP contribution in [-0.2, 0) is 24.1 Å². The summed E-state index contributed by atoms with van der Waals surface area (Å²) in [7, 11) is -1.31. The molecule has 0 unspecified atom stereocenters. The monoisotopic (exact) mass is 518 g/mol. The van der Waals surface area contributed by atoms with Crippen molar-refractivity contribution < 1.29 is 14.1 Å². The largest absolute Gasteiger partial charge is 0.396 e. The predicted molar refractivity (Wildman–Crippen MR) is 148 cm³/mol. The van der Waals surface area contributed by atoms with Crippen LogP contribution in [0.15, 0.2) is 60.9 Å². The molecule has 1 amide bonds. The quantitative estimate of drug-likeness (QED) is 0.446. The van der Waals surface area contributed by atoms with E-state index in [0.717, 1.165) is 27.8 Å². The lowest BCUT2D eigenvalue weighted by Gasteiger charge is -2.30. The molecular formula is C29H34N4O3S. The summed E-state index contributed by atoms with van der Waals surface area (Å²) in [6, 6.07) is 13.2. The first kappa shape index (κ1) is 26.9. The Morgan fingerprint density at radius 3 is 2.65 bits per heavy atom. The van der Waals surface area contributed by atoms with E-state index in [0.29, 0.717) is 30.9 Å². The van der Waals surface area contributed by atoms with Crippen LogP contribution < -0.4 is 5.32 Å². The number of amides is 1. The van der Waals surface area contributed by atoms with E-state index in [-0.39, 0.29) is 18.6 Å². The average Bonchev–Trinajstić information content (AvgIpc) is 3.25. The van der Waals surface area contributed by atoms with Gasteiger partial charge in [0.1, 0.15) is 16.7 Å². The molecule has 7 nitrogen and oxygen atoms in total. The van der Waals surface area contributed by atoms with Gasteiger partial charge in [-0.2, -0.15) is 0 Å². The van der Waals surface area contributed by atoms with E-state index >= 15 is 0 Å². The fraction of sp³-hybridized carbons (Fsp3) is 0.345. The average molecular weight is 519 g/mol. The Morgan fingerprint density at radius 1 is 1.22 bits per heavy atom. The van der Waals surface area contributed by atoms with Gasteiger partial charge in [-0.25, -0.2) is 13.5 Å². The molecule has 2 aromatic heterocycles. The van der Waals surface area contributed by atoms with Crippen LogP contribution in [0, 0.1) is 0 Å². The van der Waals surface area contributed by atoms with Crippen LogP contribution in [0.4, 0.5) is 0 Å². The summed E-state index contributed by atoms with van der Waals surface area (Å²) in [5.41, 5.74) is 5.67. The van der Waals surface area contributed by atoms with Gasteiger partial charge in [-0.1, -0.05) is 30.4 Å². The highest BCUT2D eigenvalue weighted by atomic mass is 32.2. The molecule has 0 saturated carbocycles. The summed E-state index contributed by atoms with van der Waals surface area (Å²) in [5, 5.41) is 12.9. The van der Waals surface area contributed by atoms with Crippen molar-refractivity contribution in [3.05, 3.63) is 88.9 Å². The maximum absolute atomic E-state index is 13.5. The van der Waals surface area contributed by atoms with E-state index in [1.54, 1.807) is 18.5 Å². The number of hydrogen-bond acceptors (Lipinski definition) is 5. The van der Waals surface area contributed by atoms with E-state index in [1.165, 1.54) is 0 Å². The number of hydrogen-bond donors (Lipinski definition) is 2. The number of benzene rings is 1. The van der Waals surface area contributed by atoms with Gasteiger partial charge in [-0.3, -0.25) is 9.78 Å². The Morgan fingerprint density at radius 2 is 1.97 bits per heavy atom. The molecule has 0 saturated heterocycles. The number of nitrogens with zero attached hydrogens (tertiary/aromatic N) is 3. The fourth-order valence-corrected chi connectivity index (χ4v) is 5.96. The van der Waals surface area contributed by atoms with Gasteiger partial charge in [-0.05, 0) is 75.1 Å². The molecule has 4 rings (SSSR count). The number of aliphatic hydroxyl groups is 1. The number of carbonyl (C=O) groups excluding carboxylic acids is 1. The standard InChI is InChI=1S/C29H34N4O3S/c1-5-7-20-8-6-9-22(16-20)27-26-23(19-33(25(26)12-15-34)37(36)29(2,3)4)17-24(32-27)28(35)31-18-21-10-13-30-14-11-21/h5-11,13-14,16-17,25,34H,12,15,18-19H2,1-4H3,(H,31,35)/b7-5+/t25-,37-/m0/s1. The molecule has 0 spiro atoms. The van der Waals surface area contributed by atoms with Crippen molar-refractivity contribution in [2.24, 2.45) is 0 Å². The first-order chi connectivity index (χ1) is 17.7. The van der Waals surface area contributed by atoms with Crippen LogP contribution in [0.2, 0.25) is 0 Å². The Labute approximate surface area is 221 Å². The van der Waals surface area contributed by atoms with Crippen LogP contribution in [0.1, 0.15) is 72.9 Å². The summed E-state index contributed by atoms with van der Waals surface area (Å²) in [5.74, 6) is -0.278. The van der Waals surface area contributed by atoms with E-state index in [2.05, 4.69) is 10.3 Å². The lowest BCUT2D eigenvalue weighted by molar-refractivity contribution is 0.0946. The van der Waals surface area contributed by atoms with Crippen molar-refractivity contribution in [3.8, 4) is 11.3 Å². The molecule has 0 radical (unpaired) electrons. The molecule has 1 aliphatic rings. The SMILES string of the molecule is C/C=C/c1cccc(-c2nc(C(=O)NCc3ccncc3)cc3c2[C@H](CCO)N([S@@](=O)C(C)(C)C)C3)c1. The minimum Gasteiger partial charge on any atom is -0.396 e. The summed E-state index contributed by atoms with van der Waals surface area (Å²) in [6.07, 6.45) is 7.79. The number of pyridine rings is 2. The minimum atomic E-state index is -1.31. The Kier molecular flexibility index (Phi) is 8.32. The number of nitrogens with one attached hydrogen (secondary N) is 1. The number of aromatic nitrogens is 2. The Hall–Kier alpha value is -3.20. The smallest absolute Gasteiger partial charge is 0.270 e. The molecular weight excluding hydrogens is 484 g/mol. The van der Waals surface area contributed by atoms with Gasteiger partial charge < -0.3 is 10.4 Å². The molecule has 2 N–H and O–H groups in total. The maximum Gasteiger partial charge on any atom is 0.270 e. The zero-order valence-corrected chi connectivity index (χ0v) is 22.6. The Balaban J connectivity index is 1.80. The van der Waals surface area contributed by atoms with Crippen molar-refractivity contribution in [1.82, 2.24) is 19.6 Å². The van der Waals surface area contributed by atoms with Crippen LogP contribution in [0.5, 0.6) is 0 Å². The van der Waals surface area contributed by atoms with E-state index in [4.69, 9.17) is 4.98 Å². The molecule has 3 aromatic rings. The summed E-state index contributed by atoms with van der Waals surface area (Å²) >= 11 is 0. The third kappa shape index (κ3) is 6.04. The molecule has 0 fully saturated rings. The van der Waals surface area contributed by atoms with Gasteiger partial charge in [-0.15, -0.1) is 0 Å². The van der Waals surface area contributed by atoms with Crippen LogP contribution in [0.3, 0.4) is 0 Å². The third-order valence-corrected chi connectivity index (χ3v) is 8.10. The second-order valence-electron chi connectivity index (χ2n) is 10.1. The van der Waals surface area contributed by atoms with Crippen molar-refractivity contribution in [2.45, 2.75) is 58.0 Å². The molecule has 194 valence electrons. The van der Waals surface area contributed by atoms with Crippen LogP contribution in [-0.4, -0.2) is 40.8 Å².